The van der Waals surface area contributed by atoms with Crippen LogP contribution in [0.4, 0.5) is 0 Å². The van der Waals surface area contributed by atoms with Gasteiger partial charge in [-0.25, -0.2) is 13.4 Å². The van der Waals surface area contributed by atoms with E-state index in [-0.39, 0.29) is 16.3 Å². The molecule has 2 N–H and O–H groups in total. The number of hydrogen-bond acceptors (Lipinski definition) is 6. The molecule has 0 saturated heterocycles. The molecule has 0 atom stereocenters. The van der Waals surface area contributed by atoms with Crippen molar-refractivity contribution in [2.24, 2.45) is 0 Å². The average molecular weight is 402 g/mol. The fourth-order valence-corrected chi connectivity index (χ4v) is 3.33. The lowest BCUT2D eigenvalue weighted by Gasteiger charge is -2.12. The van der Waals surface area contributed by atoms with Gasteiger partial charge in [-0.3, -0.25) is 14.8 Å². The molecule has 0 saturated carbocycles. The third-order valence-electron chi connectivity index (χ3n) is 3.87. The molecule has 10 heteroatoms. The first-order valence-electron chi connectivity index (χ1n) is 8.08. The first-order chi connectivity index (χ1) is 13.5. The summed E-state index contributed by atoms with van der Waals surface area (Å²) in [4.78, 5) is 18.4. The third kappa shape index (κ3) is 3.97. The van der Waals surface area contributed by atoms with Crippen LogP contribution in [0.3, 0.4) is 0 Å². The molecular weight excluding hydrogens is 384 g/mol. The number of aromatic nitrogens is 2. The van der Waals surface area contributed by atoms with Crippen LogP contribution in [0, 0.1) is 0 Å². The van der Waals surface area contributed by atoms with Gasteiger partial charge in [0.25, 0.3) is 15.9 Å². The molecule has 0 bridgehead atoms. The number of hydrogen-bond donors (Lipinski definition) is 2. The second-order valence-corrected chi connectivity index (χ2v) is 7.24. The number of nitrogens with zero attached hydrogens (tertiary/aromatic N) is 2. The van der Waals surface area contributed by atoms with E-state index < -0.39 is 15.9 Å². The molecule has 28 heavy (non-hydrogen) atoms. The number of carbonyl (C=O) groups excluding carboxylic acids is 1. The van der Waals surface area contributed by atoms with Crippen molar-refractivity contribution in [1.29, 1.82) is 0 Å². The summed E-state index contributed by atoms with van der Waals surface area (Å²) in [6.07, 6.45) is 2.81. The third-order valence-corrected chi connectivity index (χ3v) is 5.12. The maximum Gasteiger partial charge on any atom is 0.284 e. The molecule has 2 aromatic carbocycles. The van der Waals surface area contributed by atoms with Crippen molar-refractivity contribution in [3.8, 4) is 17.2 Å². The number of para-hydroxylation sites is 1. The van der Waals surface area contributed by atoms with E-state index in [1.54, 1.807) is 16.7 Å². The summed E-state index contributed by atoms with van der Waals surface area (Å²) in [5.41, 5.74) is 3.07. The number of rotatable bonds is 7. The van der Waals surface area contributed by atoms with Gasteiger partial charge in [-0.1, -0.05) is 18.2 Å². The summed E-state index contributed by atoms with van der Waals surface area (Å²) in [6.45, 7) is 0. The highest BCUT2D eigenvalue weighted by atomic mass is 32.2. The van der Waals surface area contributed by atoms with E-state index in [1.165, 1.54) is 44.9 Å². The summed E-state index contributed by atoms with van der Waals surface area (Å²) in [6, 6.07) is 13.2. The lowest BCUT2D eigenvalue weighted by atomic mass is 10.3. The van der Waals surface area contributed by atoms with Crippen LogP contribution in [-0.4, -0.2) is 38.1 Å². The molecule has 1 heterocycles. The van der Waals surface area contributed by atoms with Crippen molar-refractivity contribution in [2.45, 2.75) is 4.90 Å². The molecule has 0 fully saturated rings. The Morgan fingerprint density at radius 3 is 2.43 bits per heavy atom. The van der Waals surface area contributed by atoms with E-state index in [0.717, 1.165) is 0 Å². The zero-order chi connectivity index (χ0) is 20.1. The average Bonchev–Trinajstić information content (AvgIpc) is 3.22. The van der Waals surface area contributed by atoms with Gasteiger partial charge in [0.05, 0.1) is 31.6 Å². The second-order valence-electron chi connectivity index (χ2n) is 5.56. The number of carbonyl (C=O) groups is 1. The normalized spacial score (nSPS) is 11.1. The molecule has 9 nitrogen and oxygen atoms in total. The monoisotopic (exact) mass is 402 g/mol. The van der Waals surface area contributed by atoms with Gasteiger partial charge >= 0.3 is 0 Å². The highest BCUT2D eigenvalue weighted by Gasteiger charge is 2.20. The first-order valence-corrected chi connectivity index (χ1v) is 9.56. The number of benzene rings is 2. The molecule has 3 aromatic rings. The fourth-order valence-electron chi connectivity index (χ4n) is 2.48. The second kappa shape index (κ2) is 8.11. The Bertz CT molecular complexity index is 1080. The van der Waals surface area contributed by atoms with E-state index in [1.807, 2.05) is 18.2 Å². The number of sulfonamides is 1. The number of methoxy groups -OCH3 is 2. The Labute approximate surface area is 161 Å². The van der Waals surface area contributed by atoms with Gasteiger partial charge in [0.2, 0.25) is 0 Å². The van der Waals surface area contributed by atoms with Crippen LogP contribution in [0.5, 0.6) is 11.5 Å². The van der Waals surface area contributed by atoms with Crippen LogP contribution in [0.15, 0.2) is 66.0 Å². The van der Waals surface area contributed by atoms with Gasteiger partial charge in [0.1, 0.15) is 5.69 Å². The molecule has 0 spiro atoms. The largest absolute Gasteiger partial charge is 0.493 e. The predicted molar refractivity (Wildman–Crippen MR) is 101 cm³/mol. The van der Waals surface area contributed by atoms with Gasteiger partial charge in [-0.15, -0.1) is 4.83 Å². The standard InChI is InChI=1S/C18H18N4O5S/c1-26-16-9-8-14(10-17(16)27-2)28(24,25)21-20-18(23)15-11-19-12-22(15)13-6-4-3-5-7-13/h3-12,21H,1-2H3,(H,20,23). The highest BCUT2D eigenvalue weighted by Crippen LogP contribution is 2.29. The number of ether oxygens (including phenoxy) is 2. The first kappa shape index (κ1) is 19.4. The van der Waals surface area contributed by atoms with Gasteiger partial charge in [-0.2, -0.15) is 0 Å². The highest BCUT2D eigenvalue weighted by molar-refractivity contribution is 7.89. The lowest BCUT2D eigenvalue weighted by molar-refractivity contribution is 0.0938. The van der Waals surface area contributed by atoms with E-state index in [4.69, 9.17) is 9.47 Å². The van der Waals surface area contributed by atoms with Crippen molar-refractivity contribution in [3.05, 3.63) is 66.7 Å². The molecule has 0 aliphatic carbocycles. The van der Waals surface area contributed by atoms with Gasteiger partial charge in [0, 0.05) is 11.8 Å². The summed E-state index contributed by atoms with van der Waals surface area (Å²) in [5, 5.41) is 0. The fraction of sp³-hybridized carbons (Fsp3) is 0.111. The minimum absolute atomic E-state index is 0.0954. The van der Waals surface area contributed by atoms with Crippen LogP contribution >= 0.6 is 0 Å². The zero-order valence-corrected chi connectivity index (χ0v) is 15.9. The smallest absolute Gasteiger partial charge is 0.284 e. The van der Waals surface area contributed by atoms with E-state index in [2.05, 4.69) is 15.2 Å². The summed E-state index contributed by atoms with van der Waals surface area (Å²) < 4.78 is 36.7. The Hall–Kier alpha value is -3.37. The predicted octanol–water partition coefficient (Wildman–Crippen LogP) is 1.51. The van der Waals surface area contributed by atoms with Crippen LogP contribution in [0.25, 0.3) is 5.69 Å². The lowest BCUT2D eigenvalue weighted by Crippen LogP contribution is -2.42. The van der Waals surface area contributed by atoms with Gasteiger partial charge in [-0.05, 0) is 24.3 Å². The number of amides is 1. The Balaban J connectivity index is 1.77. The Kier molecular flexibility index (Phi) is 5.62. The molecule has 1 aromatic heterocycles. The number of imidazole rings is 1. The number of nitrogens with one attached hydrogen (secondary N) is 2. The Morgan fingerprint density at radius 1 is 1.04 bits per heavy atom. The molecule has 1 amide bonds. The SMILES string of the molecule is COc1ccc(S(=O)(=O)NNC(=O)c2cncn2-c2ccccc2)cc1OC. The Morgan fingerprint density at radius 2 is 1.75 bits per heavy atom. The molecule has 3 rings (SSSR count). The molecular formula is C18H18N4O5S. The summed E-state index contributed by atoms with van der Waals surface area (Å²) >= 11 is 0. The van der Waals surface area contributed by atoms with Crippen molar-refractivity contribution in [3.63, 3.8) is 0 Å². The quantitative estimate of drug-likeness (QED) is 0.580. The maximum absolute atomic E-state index is 12.5. The molecule has 0 aliphatic heterocycles. The van der Waals surface area contributed by atoms with Crippen molar-refractivity contribution in [1.82, 2.24) is 19.8 Å². The van der Waals surface area contributed by atoms with Gasteiger partial charge < -0.3 is 9.47 Å². The zero-order valence-electron chi connectivity index (χ0n) is 15.1. The van der Waals surface area contributed by atoms with Crippen molar-refractivity contribution in [2.75, 3.05) is 14.2 Å². The van der Waals surface area contributed by atoms with Crippen molar-refractivity contribution < 1.29 is 22.7 Å². The van der Waals surface area contributed by atoms with E-state index in [0.29, 0.717) is 11.4 Å². The molecule has 146 valence electrons. The van der Waals surface area contributed by atoms with Crippen molar-refractivity contribution >= 4 is 15.9 Å². The van der Waals surface area contributed by atoms with Crippen LogP contribution in [0.2, 0.25) is 0 Å². The minimum atomic E-state index is -4.03. The van der Waals surface area contributed by atoms with E-state index in [9.17, 15) is 13.2 Å². The summed E-state index contributed by atoms with van der Waals surface area (Å²) in [7, 11) is -1.19. The topological polar surface area (TPSA) is 112 Å². The van der Waals surface area contributed by atoms with Crippen LogP contribution in [0.1, 0.15) is 10.5 Å². The number of hydrazine groups is 1. The maximum atomic E-state index is 12.5. The van der Waals surface area contributed by atoms with Crippen LogP contribution in [-0.2, 0) is 10.0 Å². The van der Waals surface area contributed by atoms with E-state index >= 15 is 0 Å². The molecule has 0 unspecified atom stereocenters. The summed E-state index contributed by atoms with van der Waals surface area (Å²) in [5.74, 6) is -0.0264. The minimum Gasteiger partial charge on any atom is -0.493 e. The molecule has 0 radical (unpaired) electrons. The van der Waals surface area contributed by atoms with Crippen LogP contribution < -0.4 is 19.7 Å². The van der Waals surface area contributed by atoms with Gasteiger partial charge in [0.15, 0.2) is 11.5 Å². The molecule has 0 aliphatic rings.